The van der Waals surface area contributed by atoms with Gasteiger partial charge in [0.15, 0.2) is 5.82 Å². The summed E-state index contributed by atoms with van der Waals surface area (Å²) in [6.07, 6.45) is 0. The Hall–Kier alpha value is -2.74. The minimum absolute atomic E-state index is 0.195. The normalized spacial score (nSPS) is 10.8. The number of rotatable bonds is 3. The third kappa shape index (κ3) is 2.33. The lowest BCUT2D eigenvalue weighted by Crippen LogP contribution is -2.12. The molecule has 0 spiro atoms. The highest BCUT2D eigenvalue weighted by Gasteiger charge is 2.20. The number of aromatic carboxylic acids is 1. The Bertz CT molecular complexity index is 883. The number of carbonyl (C=O) groups is 2. The van der Waals surface area contributed by atoms with Gasteiger partial charge in [0, 0.05) is 11.1 Å². The number of carbonyl (C=O) groups excluding carboxylic acids is 1. The van der Waals surface area contributed by atoms with Gasteiger partial charge >= 0.3 is 5.97 Å². The van der Waals surface area contributed by atoms with E-state index in [0.717, 1.165) is 11.3 Å². The molecule has 0 unspecified atom stereocenters. The zero-order valence-electron chi connectivity index (χ0n) is 11.3. The number of hydrogen-bond donors (Lipinski definition) is 3. The van der Waals surface area contributed by atoms with E-state index in [0.29, 0.717) is 15.8 Å². The van der Waals surface area contributed by atoms with E-state index >= 15 is 0 Å². The molecule has 3 N–H and O–H groups in total. The summed E-state index contributed by atoms with van der Waals surface area (Å²) in [6, 6.07) is 5.09. The molecule has 0 fully saturated rings. The molecule has 112 valence electrons. The van der Waals surface area contributed by atoms with Crippen molar-refractivity contribution >= 4 is 39.2 Å². The fraction of sp³-hybridized carbons (Fsp3) is 0.0714. The van der Waals surface area contributed by atoms with E-state index < -0.39 is 17.7 Å². The largest absolute Gasteiger partial charge is 0.477 e. The van der Waals surface area contributed by atoms with Gasteiger partial charge in [-0.2, -0.15) is 5.10 Å². The first-order chi connectivity index (χ1) is 10.5. The van der Waals surface area contributed by atoms with Crippen LogP contribution in [0.3, 0.4) is 0 Å². The highest BCUT2D eigenvalue weighted by Crippen LogP contribution is 2.34. The second kappa shape index (κ2) is 5.23. The van der Waals surface area contributed by atoms with Crippen LogP contribution in [0.4, 0.5) is 10.2 Å². The maximum atomic E-state index is 12.9. The molecule has 6 nitrogen and oxygen atoms in total. The molecule has 3 aromatic rings. The van der Waals surface area contributed by atoms with Crippen LogP contribution in [-0.2, 0) is 0 Å². The minimum Gasteiger partial charge on any atom is -0.477 e. The molecular weight excluding hydrogens is 309 g/mol. The molecule has 8 heteroatoms. The van der Waals surface area contributed by atoms with Gasteiger partial charge in [-0.05, 0) is 31.2 Å². The fourth-order valence-corrected chi connectivity index (χ4v) is 3.09. The number of fused-ring (bicyclic) bond motifs is 1. The summed E-state index contributed by atoms with van der Waals surface area (Å²) in [4.78, 5) is 23.4. The highest BCUT2D eigenvalue weighted by molar-refractivity contribution is 7.21. The maximum absolute atomic E-state index is 12.9. The zero-order valence-corrected chi connectivity index (χ0v) is 12.1. The van der Waals surface area contributed by atoms with E-state index in [2.05, 4.69) is 15.5 Å². The lowest BCUT2D eigenvalue weighted by Gasteiger charge is -2.01. The average Bonchev–Trinajstić information content (AvgIpc) is 3.01. The number of aromatic nitrogens is 2. The zero-order chi connectivity index (χ0) is 15.9. The first kappa shape index (κ1) is 14.2. The van der Waals surface area contributed by atoms with E-state index in [1.54, 1.807) is 6.92 Å². The Balaban J connectivity index is 1.94. The molecule has 3 rings (SSSR count). The summed E-state index contributed by atoms with van der Waals surface area (Å²) in [6.45, 7) is 1.67. The smallest absolute Gasteiger partial charge is 0.346 e. The van der Waals surface area contributed by atoms with Gasteiger partial charge in [0.25, 0.3) is 5.91 Å². The van der Waals surface area contributed by atoms with Crippen molar-refractivity contribution in [2.24, 2.45) is 0 Å². The van der Waals surface area contributed by atoms with Gasteiger partial charge < -0.3 is 10.4 Å². The van der Waals surface area contributed by atoms with Crippen molar-refractivity contribution in [3.8, 4) is 0 Å². The number of amides is 1. The second-order valence-corrected chi connectivity index (χ2v) is 5.62. The predicted molar refractivity (Wildman–Crippen MR) is 80.0 cm³/mol. The second-order valence-electron chi connectivity index (χ2n) is 4.60. The van der Waals surface area contributed by atoms with Gasteiger partial charge in [-0.25, -0.2) is 9.18 Å². The predicted octanol–water partition coefficient (Wildman–Crippen LogP) is 3.02. The number of nitrogens with zero attached hydrogens (tertiary/aromatic N) is 1. The molecule has 1 amide bonds. The van der Waals surface area contributed by atoms with Gasteiger partial charge in [0.05, 0.1) is 10.2 Å². The van der Waals surface area contributed by atoms with Gasteiger partial charge in [-0.3, -0.25) is 9.89 Å². The molecule has 0 bridgehead atoms. The molecular formula is C14H10FN3O3S. The molecule has 0 aliphatic heterocycles. The van der Waals surface area contributed by atoms with E-state index in [1.807, 2.05) is 0 Å². The van der Waals surface area contributed by atoms with Crippen LogP contribution in [0.1, 0.15) is 25.6 Å². The lowest BCUT2D eigenvalue weighted by atomic mass is 10.2. The number of hydrogen-bond acceptors (Lipinski definition) is 4. The molecule has 0 aliphatic carbocycles. The first-order valence-corrected chi connectivity index (χ1v) is 7.06. The Morgan fingerprint density at radius 2 is 2.00 bits per heavy atom. The van der Waals surface area contributed by atoms with Crippen molar-refractivity contribution in [3.05, 3.63) is 46.1 Å². The van der Waals surface area contributed by atoms with Gasteiger partial charge in [-0.15, -0.1) is 11.3 Å². The number of nitrogens with one attached hydrogen (secondary N) is 2. The summed E-state index contributed by atoms with van der Waals surface area (Å²) in [5.74, 6) is -1.65. The number of aromatic amines is 1. The molecule has 1 aromatic carbocycles. The van der Waals surface area contributed by atoms with Crippen molar-refractivity contribution in [1.82, 2.24) is 10.2 Å². The molecule has 0 saturated heterocycles. The van der Waals surface area contributed by atoms with Crippen LogP contribution in [0.5, 0.6) is 0 Å². The molecule has 22 heavy (non-hydrogen) atoms. The van der Waals surface area contributed by atoms with E-state index in [1.165, 1.54) is 24.3 Å². The van der Waals surface area contributed by atoms with E-state index in [-0.39, 0.29) is 16.3 Å². The maximum Gasteiger partial charge on any atom is 0.346 e. The third-order valence-corrected chi connectivity index (χ3v) is 4.46. The van der Waals surface area contributed by atoms with Gasteiger partial charge in [-0.1, -0.05) is 0 Å². The minimum atomic E-state index is -1.03. The SMILES string of the molecule is Cc1c(C(=O)O)sc2c(NC(=O)c3ccc(F)cc3)n[nH]c12. The van der Waals surface area contributed by atoms with Gasteiger partial charge in [0.2, 0.25) is 0 Å². The standard InChI is InChI=1S/C14H10FN3O3S/c1-6-9-11(22-10(6)14(20)21)12(18-17-9)16-13(19)7-2-4-8(15)5-3-7/h2-5H,1H3,(H,20,21)(H2,16,17,18,19). The third-order valence-electron chi connectivity index (χ3n) is 3.17. The number of carboxylic acid groups (broad SMARTS) is 1. The Labute approximate surface area is 127 Å². The number of anilines is 1. The summed E-state index contributed by atoms with van der Waals surface area (Å²) < 4.78 is 13.4. The van der Waals surface area contributed by atoms with Crippen molar-refractivity contribution < 1.29 is 19.1 Å². The number of carboxylic acids is 1. The molecule has 0 radical (unpaired) electrons. The molecule has 0 aliphatic rings. The number of halogens is 1. The average molecular weight is 319 g/mol. The summed E-state index contributed by atoms with van der Waals surface area (Å²) >= 11 is 1.04. The summed E-state index contributed by atoms with van der Waals surface area (Å²) in [5, 5.41) is 18.4. The van der Waals surface area contributed by atoms with Crippen LogP contribution in [0, 0.1) is 12.7 Å². The van der Waals surface area contributed by atoms with Crippen LogP contribution in [0.2, 0.25) is 0 Å². The van der Waals surface area contributed by atoms with Crippen LogP contribution >= 0.6 is 11.3 Å². The Morgan fingerprint density at radius 3 is 2.64 bits per heavy atom. The Morgan fingerprint density at radius 1 is 1.32 bits per heavy atom. The van der Waals surface area contributed by atoms with Crippen molar-refractivity contribution in [2.75, 3.05) is 5.32 Å². The number of aryl methyl sites for hydroxylation is 1. The lowest BCUT2D eigenvalue weighted by molar-refractivity contribution is 0.0701. The topological polar surface area (TPSA) is 95.1 Å². The van der Waals surface area contributed by atoms with Gasteiger partial charge in [0.1, 0.15) is 10.7 Å². The number of thiophene rings is 1. The van der Waals surface area contributed by atoms with Crippen LogP contribution in [0.15, 0.2) is 24.3 Å². The number of benzene rings is 1. The fourth-order valence-electron chi connectivity index (χ4n) is 2.05. The van der Waals surface area contributed by atoms with Crippen LogP contribution < -0.4 is 5.32 Å². The van der Waals surface area contributed by atoms with Crippen LogP contribution in [-0.4, -0.2) is 27.2 Å². The number of H-pyrrole nitrogens is 1. The summed E-state index contributed by atoms with van der Waals surface area (Å²) in [5.41, 5.74) is 1.43. The molecule has 0 atom stereocenters. The molecule has 0 saturated carbocycles. The highest BCUT2D eigenvalue weighted by atomic mass is 32.1. The molecule has 2 heterocycles. The summed E-state index contributed by atoms with van der Waals surface area (Å²) in [7, 11) is 0. The van der Waals surface area contributed by atoms with Crippen LogP contribution in [0.25, 0.3) is 10.2 Å². The van der Waals surface area contributed by atoms with Crippen molar-refractivity contribution in [1.29, 1.82) is 0 Å². The van der Waals surface area contributed by atoms with E-state index in [4.69, 9.17) is 5.11 Å². The molecule has 2 aromatic heterocycles. The van der Waals surface area contributed by atoms with E-state index in [9.17, 15) is 14.0 Å². The monoisotopic (exact) mass is 319 g/mol. The quantitative estimate of drug-likeness (QED) is 0.691. The van der Waals surface area contributed by atoms with Crippen molar-refractivity contribution in [2.45, 2.75) is 6.92 Å². The Kier molecular flexibility index (Phi) is 3.38. The van der Waals surface area contributed by atoms with Crippen molar-refractivity contribution in [3.63, 3.8) is 0 Å². The first-order valence-electron chi connectivity index (χ1n) is 6.25.